The van der Waals surface area contributed by atoms with Gasteiger partial charge in [-0.25, -0.2) is 9.59 Å². The first-order valence-corrected chi connectivity index (χ1v) is 7.80. The van der Waals surface area contributed by atoms with E-state index >= 15 is 0 Å². The molecule has 26 heavy (non-hydrogen) atoms. The summed E-state index contributed by atoms with van der Waals surface area (Å²) in [6, 6.07) is 2.16. The van der Waals surface area contributed by atoms with Gasteiger partial charge in [-0.3, -0.25) is 10.1 Å². The van der Waals surface area contributed by atoms with Gasteiger partial charge in [-0.05, 0) is 40.2 Å². The van der Waals surface area contributed by atoms with Gasteiger partial charge in [0, 0.05) is 10.7 Å². The van der Waals surface area contributed by atoms with Crippen LogP contribution in [-0.4, -0.2) is 31.1 Å². The average Bonchev–Trinajstić information content (AvgIpc) is 2.84. The zero-order valence-corrected chi connectivity index (χ0v) is 15.1. The first-order valence-electron chi connectivity index (χ1n) is 7.00. The van der Waals surface area contributed by atoms with Crippen molar-refractivity contribution in [2.24, 2.45) is 0 Å². The number of nitro groups is 1. The van der Waals surface area contributed by atoms with Crippen LogP contribution in [0.5, 0.6) is 0 Å². The number of rotatable bonds is 4. The quantitative estimate of drug-likeness (QED) is 0.414. The molecule has 1 aliphatic heterocycles. The van der Waals surface area contributed by atoms with Gasteiger partial charge in [0.2, 0.25) is 5.82 Å². The minimum atomic E-state index is -1.11. The van der Waals surface area contributed by atoms with Crippen LogP contribution >= 0.6 is 15.9 Å². The Morgan fingerprint density at radius 1 is 1.19 bits per heavy atom. The second-order valence-corrected chi connectivity index (χ2v) is 5.65. The van der Waals surface area contributed by atoms with Gasteiger partial charge in [-0.2, -0.15) is 4.39 Å². The Morgan fingerprint density at radius 2 is 1.85 bits per heavy atom. The number of esters is 2. The lowest BCUT2D eigenvalue weighted by molar-refractivity contribution is -0.386. The molecule has 0 bridgehead atoms. The summed E-state index contributed by atoms with van der Waals surface area (Å²) in [7, 11) is 2.19. The number of nitro benzene ring substituents is 1. The number of methoxy groups -OCH3 is 2. The third-order valence-electron chi connectivity index (χ3n) is 3.37. The fraction of sp³-hybridized carbons (Fsp3) is 0.125. The maximum absolute atomic E-state index is 14.1. The number of benzene rings is 1. The monoisotopic (exact) mass is 426 g/mol. The molecule has 0 N–H and O–H groups in total. The van der Waals surface area contributed by atoms with Gasteiger partial charge < -0.3 is 14.4 Å². The van der Waals surface area contributed by atoms with E-state index < -0.39 is 28.4 Å². The van der Waals surface area contributed by atoms with E-state index in [1.54, 1.807) is 0 Å². The van der Waals surface area contributed by atoms with Crippen molar-refractivity contribution in [1.82, 2.24) is 0 Å². The minimum absolute atomic E-state index is 0.128. The number of nitrogens with zero attached hydrogens (tertiary/aromatic N) is 2. The summed E-state index contributed by atoms with van der Waals surface area (Å²) in [6.07, 6.45) is 5.40. The summed E-state index contributed by atoms with van der Waals surface area (Å²) < 4.78 is 23.6. The zero-order chi connectivity index (χ0) is 19.4. The van der Waals surface area contributed by atoms with Crippen molar-refractivity contribution < 1.29 is 28.4 Å². The van der Waals surface area contributed by atoms with E-state index in [4.69, 9.17) is 4.74 Å². The molecule has 0 amide bonds. The summed E-state index contributed by atoms with van der Waals surface area (Å²) >= 11 is 3.13. The highest BCUT2D eigenvalue weighted by molar-refractivity contribution is 9.10. The SMILES string of the molecule is COC(=O)C1=C(C(=O)OC)N(c2c(Br)ccc(F)c2[N+](=O)[O-])C=CC=C1. The number of hydrogen-bond acceptors (Lipinski definition) is 7. The van der Waals surface area contributed by atoms with Crippen molar-refractivity contribution in [2.45, 2.75) is 0 Å². The Hall–Kier alpha value is -3.01. The molecular formula is C16H12BrFN2O6. The Kier molecular flexibility index (Phi) is 5.88. The van der Waals surface area contributed by atoms with Crippen molar-refractivity contribution in [2.75, 3.05) is 19.1 Å². The molecule has 0 aromatic heterocycles. The number of halogens is 2. The van der Waals surface area contributed by atoms with Crippen LogP contribution in [0.1, 0.15) is 0 Å². The zero-order valence-electron chi connectivity index (χ0n) is 13.6. The van der Waals surface area contributed by atoms with Gasteiger partial charge in [-0.1, -0.05) is 6.08 Å². The van der Waals surface area contributed by atoms with Crippen molar-refractivity contribution in [3.63, 3.8) is 0 Å². The first-order chi connectivity index (χ1) is 12.3. The standard InChI is InChI=1S/C16H12BrFN2O6/c1-25-15(21)9-5-3-4-8-19(12(9)16(22)26-2)13-10(17)6-7-11(18)14(13)20(23)24/h3-8H,1-2H3. The first kappa shape index (κ1) is 19.3. The van der Waals surface area contributed by atoms with Gasteiger partial charge in [0.25, 0.3) is 0 Å². The van der Waals surface area contributed by atoms with Crippen LogP contribution in [0, 0.1) is 15.9 Å². The molecule has 0 unspecified atom stereocenters. The number of hydrogen-bond donors (Lipinski definition) is 0. The third-order valence-corrected chi connectivity index (χ3v) is 4.01. The highest BCUT2D eigenvalue weighted by Gasteiger charge is 2.34. The lowest BCUT2D eigenvalue weighted by Crippen LogP contribution is -2.28. The van der Waals surface area contributed by atoms with Gasteiger partial charge in [0.05, 0.1) is 24.7 Å². The maximum Gasteiger partial charge on any atom is 0.355 e. The molecular weight excluding hydrogens is 415 g/mol. The average molecular weight is 427 g/mol. The molecule has 1 aromatic carbocycles. The van der Waals surface area contributed by atoms with E-state index in [0.717, 1.165) is 25.2 Å². The van der Waals surface area contributed by atoms with Crippen LogP contribution in [-0.2, 0) is 19.1 Å². The Morgan fingerprint density at radius 3 is 2.42 bits per heavy atom. The number of ether oxygens (including phenoxy) is 2. The van der Waals surface area contributed by atoms with E-state index in [1.165, 1.54) is 30.5 Å². The van der Waals surface area contributed by atoms with E-state index in [1.807, 2.05) is 0 Å². The second-order valence-electron chi connectivity index (χ2n) is 4.80. The lowest BCUT2D eigenvalue weighted by atomic mass is 10.1. The Bertz CT molecular complexity index is 878. The molecule has 1 aromatic rings. The van der Waals surface area contributed by atoms with Crippen molar-refractivity contribution in [3.8, 4) is 0 Å². The van der Waals surface area contributed by atoms with Crippen LogP contribution in [0.3, 0.4) is 0 Å². The van der Waals surface area contributed by atoms with Crippen molar-refractivity contribution in [3.05, 3.63) is 68.2 Å². The fourth-order valence-electron chi connectivity index (χ4n) is 2.27. The van der Waals surface area contributed by atoms with Crippen molar-refractivity contribution in [1.29, 1.82) is 0 Å². The Labute approximate surface area is 155 Å². The maximum atomic E-state index is 14.1. The summed E-state index contributed by atoms with van der Waals surface area (Å²) in [6.45, 7) is 0. The molecule has 0 fully saturated rings. The smallest absolute Gasteiger partial charge is 0.355 e. The van der Waals surface area contributed by atoms with E-state index in [9.17, 15) is 24.1 Å². The molecule has 0 saturated carbocycles. The topological polar surface area (TPSA) is 99.0 Å². The molecule has 136 valence electrons. The Balaban J connectivity index is 2.87. The van der Waals surface area contributed by atoms with Gasteiger partial charge >= 0.3 is 17.6 Å². The predicted molar refractivity (Wildman–Crippen MR) is 92.6 cm³/mol. The molecule has 2 rings (SSSR count). The van der Waals surface area contributed by atoms with Gasteiger partial charge in [0.1, 0.15) is 11.4 Å². The van der Waals surface area contributed by atoms with Gasteiger partial charge in [-0.15, -0.1) is 0 Å². The van der Waals surface area contributed by atoms with Crippen molar-refractivity contribution >= 4 is 39.2 Å². The number of carbonyl (C=O) groups is 2. The van der Waals surface area contributed by atoms with E-state index in [2.05, 4.69) is 20.7 Å². The van der Waals surface area contributed by atoms with E-state index in [-0.39, 0.29) is 21.4 Å². The molecule has 1 aliphatic rings. The molecule has 0 atom stereocenters. The molecule has 10 heteroatoms. The molecule has 0 aliphatic carbocycles. The summed E-state index contributed by atoms with van der Waals surface area (Å²) in [4.78, 5) is 35.9. The van der Waals surface area contributed by atoms with Crippen LogP contribution in [0.4, 0.5) is 15.8 Å². The summed E-state index contributed by atoms with van der Waals surface area (Å²) in [5.41, 5.74) is -1.73. The summed E-state index contributed by atoms with van der Waals surface area (Å²) in [5.74, 6) is -2.94. The number of carbonyl (C=O) groups excluding carboxylic acids is 2. The minimum Gasteiger partial charge on any atom is -0.465 e. The lowest BCUT2D eigenvalue weighted by Gasteiger charge is -2.23. The van der Waals surface area contributed by atoms with Gasteiger partial charge in [0.15, 0.2) is 0 Å². The number of anilines is 1. The molecule has 0 spiro atoms. The van der Waals surface area contributed by atoms with Crippen LogP contribution in [0.2, 0.25) is 0 Å². The largest absolute Gasteiger partial charge is 0.465 e. The predicted octanol–water partition coefficient (Wildman–Crippen LogP) is 2.99. The van der Waals surface area contributed by atoms with E-state index in [0.29, 0.717) is 0 Å². The second kappa shape index (κ2) is 7.91. The van der Waals surface area contributed by atoms with Crippen LogP contribution in [0.15, 0.2) is 52.3 Å². The molecule has 1 heterocycles. The highest BCUT2D eigenvalue weighted by atomic mass is 79.9. The third kappa shape index (κ3) is 3.49. The van der Waals surface area contributed by atoms with Crippen LogP contribution in [0.25, 0.3) is 0 Å². The normalized spacial score (nSPS) is 13.5. The highest BCUT2D eigenvalue weighted by Crippen LogP contribution is 2.41. The van der Waals surface area contributed by atoms with Crippen LogP contribution < -0.4 is 4.90 Å². The molecule has 0 saturated heterocycles. The fourth-order valence-corrected chi connectivity index (χ4v) is 2.78. The number of allylic oxidation sites excluding steroid dienone is 2. The summed E-state index contributed by atoms with van der Waals surface area (Å²) in [5, 5.41) is 11.4. The molecule has 0 radical (unpaired) electrons. The molecule has 8 nitrogen and oxygen atoms in total.